The Morgan fingerprint density at radius 1 is 1.02 bits per heavy atom. The molecule has 2 aromatic carbocycles. The van der Waals surface area contributed by atoms with Crippen LogP contribution in [0.25, 0.3) is 0 Å². The summed E-state index contributed by atoms with van der Waals surface area (Å²) in [6.07, 6.45) is 5.14. The zero-order chi connectivity index (χ0) is 28.8. The lowest BCUT2D eigenvalue weighted by Crippen LogP contribution is -2.41. The molecule has 3 aromatic rings. The molecular weight excluding hydrogens is 520 g/mol. The van der Waals surface area contributed by atoms with Crippen molar-refractivity contribution in [3.63, 3.8) is 0 Å². The molecule has 0 saturated carbocycles. The molecule has 2 aliphatic rings. The minimum atomic E-state index is -3.88. The van der Waals surface area contributed by atoms with Gasteiger partial charge in [-0.2, -0.15) is 0 Å². The normalized spacial score (nSPS) is 22.4. The number of carbonyl (C=O) groups excluding carboxylic acids is 1. The summed E-state index contributed by atoms with van der Waals surface area (Å²) in [5.41, 5.74) is 6.70. The van der Waals surface area contributed by atoms with E-state index in [1.54, 1.807) is 32.0 Å². The summed E-state index contributed by atoms with van der Waals surface area (Å²) in [5, 5.41) is 3.07. The minimum absolute atomic E-state index is 0.0370. The number of nitrogens with zero attached hydrogens (tertiary/aromatic N) is 2. The number of benzene rings is 2. The quantitative estimate of drug-likeness (QED) is 0.361. The number of amides is 1. The number of aryl methyl sites for hydroxylation is 2. The Balaban J connectivity index is 1.36. The molecule has 2 N–H and O–H groups in total. The van der Waals surface area contributed by atoms with Gasteiger partial charge in [0.25, 0.3) is 10.0 Å². The molecule has 0 aliphatic heterocycles. The average Bonchev–Trinajstić information content (AvgIpc) is 2.89. The second kappa shape index (κ2) is 10.6. The molecule has 40 heavy (non-hydrogen) atoms. The van der Waals surface area contributed by atoms with Crippen LogP contribution in [0, 0.1) is 25.7 Å². The Morgan fingerprint density at radius 3 is 2.35 bits per heavy atom. The van der Waals surface area contributed by atoms with Gasteiger partial charge < -0.3 is 5.32 Å². The molecule has 8 heteroatoms. The molecule has 0 spiro atoms. The molecule has 3 atom stereocenters. The van der Waals surface area contributed by atoms with Crippen LogP contribution in [0.15, 0.2) is 47.4 Å². The number of sulfonamides is 1. The fourth-order valence-electron chi connectivity index (χ4n) is 6.48. The van der Waals surface area contributed by atoms with Crippen LogP contribution in [-0.2, 0) is 33.1 Å². The van der Waals surface area contributed by atoms with Crippen LogP contribution in [-0.4, -0.2) is 24.3 Å². The van der Waals surface area contributed by atoms with Gasteiger partial charge in [0.05, 0.1) is 10.3 Å². The first-order valence-electron chi connectivity index (χ1n) is 14.3. The average molecular weight is 561 g/mol. The first-order valence-corrected chi connectivity index (χ1v) is 15.8. The predicted octanol–water partition coefficient (Wildman–Crippen LogP) is 6.45. The van der Waals surface area contributed by atoms with Crippen molar-refractivity contribution in [3.8, 4) is 0 Å². The maximum absolute atomic E-state index is 13.8. The Kier molecular flexibility index (Phi) is 7.50. The SMILES string of the molecule is Cc1cc(C)nc(NS(=O)(=O)c2ccc(NC(=O)C3(C)CCC(C)c4c3ccc3c4CCC(C(C)C)C3)cc2)n1. The minimum Gasteiger partial charge on any atom is -0.325 e. The standard InChI is InChI=1S/C32H40N4O3S/c1-19(2)23-7-13-27-24(18-23)8-14-28-29(27)20(3)15-16-32(28,6)30(37)35-25-9-11-26(12-10-25)40(38,39)36-31-33-21(4)17-22(5)34-31/h8-12,14,17,19-20,23H,7,13,15-16,18H2,1-6H3,(H,35,37)(H,33,34,36). The molecule has 7 nitrogen and oxygen atoms in total. The molecular formula is C32H40N4O3S. The highest BCUT2D eigenvalue weighted by molar-refractivity contribution is 7.92. The van der Waals surface area contributed by atoms with Gasteiger partial charge in [-0.25, -0.2) is 23.1 Å². The number of nitrogens with one attached hydrogen (secondary N) is 2. The number of carbonyl (C=O) groups is 1. The molecule has 2 aliphatic carbocycles. The van der Waals surface area contributed by atoms with Gasteiger partial charge in [0.2, 0.25) is 11.9 Å². The van der Waals surface area contributed by atoms with Crippen LogP contribution in [0.1, 0.15) is 86.5 Å². The van der Waals surface area contributed by atoms with E-state index in [9.17, 15) is 13.2 Å². The van der Waals surface area contributed by atoms with E-state index in [1.165, 1.54) is 35.2 Å². The zero-order valence-corrected chi connectivity index (χ0v) is 25.2. The third-order valence-electron chi connectivity index (χ3n) is 8.94. The first kappa shape index (κ1) is 28.3. The molecule has 3 unspecified atom stereocenters. The topological polar surface area (TPSA) is 101 Å². The maximum atomic E-state index is 13.8. The molecule has 0 radical (unpaired) electrons. The van der Waals surface area contributed by atoms with Gasteiger partial charge in [-0.05, 0) is 123 Å². The van der Waals surface area contributed by atoms with Gasteiger partial charge in [0, 0.05) is 17.1 Å². The highest BCUT2D eigenvalue weighted by Crippen LogP contribution is 2.47. The van der Waals surface area contributed by atoms with Gasteiger partial charge in [0.15, 0.2) is 0 Å². The fraction of sp³-hybridized carbons (Fsp3) is 0.469. The lowest BCUT2D eigenvalue weighted by atomic mass is 9.64. The molecule has 0 fully saturated rings. The molecule has 0 bridgehead atoms. The predicted molar refractivity (Wildman–Crippen MR) is 159 cm³/mol. The van der Waals surface area contributed by atoms with Gasteiger partial charge >= 0.3 is 0 Å². The van der Waals surface area contributed by atoms with Crippen LogP contribution in [0.3, 0.4) is 0 Å². The van der Waals surface area contributed by atoms with E-state index in [-0.39, 0.29) is 16.8 Å². The van der Waals surface area contributed by atoms with Crippen molar-refractivity contribution in [3.05, 3.63) is 76.1 Å². The maximum Gasteiger partial charge on any atom is 0.264 e. The monoisotopic (exact) mass is 560 g/mol. The molecule has 212 valence electrons. The highest BCUT2D eigenvalue weighted by atomic mass is 32.2. The van der Waals surface area contributed by atoms with Gasteiger partial charge in [-0.3, -0.25) is 4.79 Å². The lowest BCUT2D eigenvalue weighted by molar-refractivity contribution is -0.121. The van der Waals surface area contributed by atoms with E-state index in [0.29, 0.717) is 28.9 Å². The van der Waals surface area contributed by atoms with Gasteiger partial charge in [0.1, 0.15) is 0 Å². The van der Waals surface area contributed by atoms with Crippen LogP contribution < -0.4 is 10.0 Å². The Hall–Kier alpha value is -3.26. The third kappa shape index (κ3) is 5.38. The van der Waals surface area contributed by atoms with E-state index in [4.69, 9.17) is 0 Å². The molecule has 1 aromatic heterocycles. The van der Waals surface area contributed by atoms with Crippen molar-refractivity contribution in [1.82, 2.24) is 9.97 Å². The number of hydrogen-bond donors (Lipinski definition) is 2. The smallest absolute Gasteiger partial charge is 0.264 e. The van der Waals surface area contributed by atoms with Crippen molar-refractivity contribution in [2.24, 2.45) is 11.8 Å². The number of hydrogen-bond acceptors (Lipinski definition) is 5. The van der Waals surface area contributed by atoms with Gasteiger partial charge in [-0.1, -0.05) is 32.9 Å². The lowest BCUT2D eigenvalue weighted by Gasteiger charge is -2.41. The van der Waals surface area contributed by atoms with Gasteiger partial charge in [-0.15, -0.1) is 0 Å². The van der Waals surface area contributed by atoms with E-state index < -0.39 is 15.4 Å². The van der Waals surface area contributed by atoms with Crippen molar-refractivity contribution in [2.75, 3.05) is 10.0 Å². The third-order valence-corrected chi connectivity index (χ3v) is 10.3. The molecule has 1 amide bonds. The van der Waals surface area contributed by atoms with Crippen molar-refractivity contribution >= 4 is 27.6 Å². The number of fused-ring (bicyclic) bond motifs is 3. The second-order valence-electron chi connectivity index (χ2n) is 12.2. The summed E-state index contributed by atoms with van der Waals surface area (Å²) >= 11 is 0. The number of rotatable bonds is 6. The number of aromatic nitrogens is 2. The van der Waals surface area contributed by atoms with Crippen LogP contribution in [0.5, 0.6) is 0 Å². The Bertz CT molecular complexity index is 1530. The summed E-state index contributed by atoms with van der Waals surface area (Å²) in [4.78, 5) is 22.2. The fourth-order valence-corrected chi connectivity index (χ4v) is 7.42. The Morgan fingerprint density at radius 2 is 1.70 bits per heavy atom. The van der Waals surface area contributed by atoms with E-state index in [1.807, 2.05) is 6.92 Å². The van der Waals surface area contributed by atoms with Crippen LogP contribution in [0.4, 0.5) is 11.6 Å². The van der Waals surface area contributed by atoms with Crippen molar-refractivity contribution < 1.29 is 13.2 Å². The van der Waals surface area contributed by atoms with Crippen molar-refractivity contribution in [2.45, 2.75) is 89.9 Å². The molecule has 5 rings (SSSR count). The summed E-state index contributed by atoms with van der Waals surface area (Å²) in [7, 11) is -3.88. The summed E-state index contributed by atoms with van der Waals surface area (Å²) in [5.74, 6) is 1.80. The highest BCUT2D eigenvalue weighted by Gasteiger charge is 2.42. The van der Waals surface area contributed by atoms with Crippen LogP contribution >= 0.6 is 0 Å². The molecule has 1 heterocycles. The van der Waals surface area contributed by atoms with Crippen molar-refractivity contribution in [1.29, 1.82) is 0 Å². The zero-order valence-electron chi connectivity index (χ0n) is 24.3. The van der Waals surface area contributed by atoms with E-state index in [0.717, 1.165) is 37.2 Å². The van der Waals surface area contributed by atoms with E-state index >= 15 is 0 Å². The number of anilines is 2. The van der Waals surface area contributed by atoms with Crippen LogP contribution in [0.2, 0.25) is 0 Å². The summed E-state index contributed by atoms with van der Waals surface area (Å²) in [6, 6.07) is 12.5. The molecule has 0 saturated heterocycles. The first-order chi connectivity index (χ1) is 18.9. The largest absolute Gasteiger partial charge is 0.325 e. The Labute approximate surface area is 238 Å². The second-order valence-corrected chi connectivity index (χ2v) is 13.9. The summed E-state index contributed by atoms with van der Waals surface area (Å²) < 4.78 is 28.3. The van der Waals surface area contributed by atoms with E-state index in [2.05, 4.69) is 52.9 Å². The summed E-state index contributed by atoms with van der Waals surface area (Å²) in [6.45, 7) is 12.5.